The van der Waals surface area contributed by atoms with Crippen LogP contribution in [0, 0.1) is 0 Å². The standard InChI is InChI=1S/C17H13ClN2Se/c18-15-6-8-16(9-7-15)21-12-17(20-11-10-19-13-20)14-4-2-1-3-5-14/h1-13H/b17-12-. The van der Waals surface area contributed by atoms with E-state index in [1.54, 1.807) is 6.20 Å². The molecular weight excluding hydrogens is 347 g/mol. The molecule has 0 N–H and O–H groups in total. The topological polar surface area (TPSA) is 17.8 Å². The van der Waals surface area contributed by atoms with Gasteiger partial charge in [-0.2, -0.15) is 0 Å². The number of hydrogen-bond acceptors (Lipinski definition) is 1. The third-order valence-corrected chi connectivity index (χ3v) is 5.08. The number of imidazole rings is 1. The van der Waals surface area contributed by atoms with Crippen molar-refractivity contribution in [2.45, 2.75) is 0 Å². The number of hydrogen-bond donors (Lipinski definition) is 0. The Kier molecular flexibility index (Phi) is 4.56. The van der Waals surface area contributed by atoms with Gasteiger partial charge in [-0.25, -0.2) is 0 Å². The summed E-state index contributed by atoms with van der Waals surface area (Å²) in [4.78, 5) is 6.42. The summed E-state index contributed by atoms with van der Waals surface area (Å²) in [6, 6.07) is 18.4. The fourth-order valence-corrected chi connectivity index (χ4v) is 3.73. The molecule has 0 atom stereocenters. The Hall–Kier alpha value is -1.80. The number of aromatic nitrogens is 2. The minimum absolute atomic E-state index is 0.236. The molecule has 0 fully saturated rings. The van der Waals surface area contributed by atoms with E-state index < -0.39 is 0 Å². The van der Waals surface area contributed by atoms with E-state index in [1.165, 1.54) is 10.0 Å². The van der Waals surface area contributed by atoms with Crippen LogP contribution in [0.1, 0.15) is 5.56 Å². The fourth-order valence-electron chi connectivity index (χ4n) is 1.93. The Morgan fingerprint density at radius 1 is 1.05 bits per heavy atom. The minimum atomic E-state index is 0.236. The molecule has 0 aliphatic carbocycles. The molecular formula is C17H13ClN2Se. The number of nitrogens with zero attached hydrogens (tertiary/aromatic N) is 2. The molecule has 2 nitrogen and oxygen atoms in total. The molecule has 0 unspecified atom stereocenters. The van der Waals surface area contributed by atoms with Crippen LogP contribution in [0.4, 0.5) is 0 Å². The molecule has 0 saturated heterocycles. The van der Waals surface area contributed by atoms with Gasteiger partial charge in [0.05, 0.1) is 0 Å². The van der Waals surface area contributed by atoms with Crippen LogP contribution in [0.3, 0.4) is 0 Å². The van der Waals surface area contributed by atoms with Gasteiger partial charge < -0.3 is 0 Å². The van der Waals surface area contributed by atoms with Crippen molar-refractivity contribution in [2.24, 2.45) is 0 Å². The first-order valence-electron chi connectivity index (χ1n) is 6.49. The average Bonchev–Trinajstić information content (AvgIpc) is 3.05. The van der Waals surface area contributed by atoms with Crippen LogP contribution in [0.25, 0.3) is 5.70 Å². The predicted octanol–water partition coefficient (Wildman–Crippen LogP) is 3.41. The van der Waals surface area contributed by atoms with Crippen LogP contribution in [-0.2, 0) is 0 Å². The van der Waals surface area contributed by atoms with Crippen molar-refractivity contribution in [3.63, 3.8) is 0 Å². The summed E-state index contributed by atoms with van der Waals surface area (Å²) in [5.74, 6) is 0. The molecule has 0 radical (unpaired) electrons. The van der Waals surface area contributed by atoms with Crippen LogP contribution in [-0.4, -0.2) is 24.5 Å². The van der Waals surface area contributed by atoms with Gasteiger partial charge in [-0.15, -0.1) is 0 Å². The molecule has 0 aliphatic heterocycles. The Morgan fingerprint density at radius 3 is 2.48 bits per heavy atom. The van der Waals surface area contributed by atoms with Crippen LogP contribution < -0.4 is 4.46 Å². The molecule has 104 valence electrons. The van der Waals surface area contributed by atoms with E-state index in [1.807, 2.05) is 35.3 Å². The maximum absolute atomic E-state index is 5.93. The summed E-state index contributed by atoms with van der Waals surface area (Å²) in [5, 5.41) is 0.774. The number of benzene rings is 2. The Balaban J connectivity index is 1.92. The van der Waals surface area contributed by atoms with Gasteiger partial charge in [0.1, 0.15) is 0 Å². The van der Waals surface area contributed by atoms with E-state index in [0.717, 1.165) is 10.7 Å². The molecule has 0 amide bonds. The van der Waals surface area contributed by atoms with E-state index >= 15 is 0 Å². The monoisotopic (exact) mass is 360 g/mol. The molecule has 1 aromatic heterocycles. The van der Waals surface area contributed by atoms with Crippen molar-refractivity contribution < 1.29 is 0 Å². The fraction of sp³-hybridized carbons (Fsp3) is 0. The van der Waals surface area contributed by atoms with Crippen LogP contribution in [0.15, 0.2) is 78.3 Å². The maximum atomic E-state index is 5.93. The molecule has 3 aromatic rings. The van der Waals surface area contributed by atoms with Gasteiger partial charge in [-0.05, 0) is 0 Å². The second-order valence-electron chi connectivity index (χ2n) is 4.41. The van der Waals surface area contributed by atoms with Crippen LogP contribution >= 0.6 is 11.6 Å². The summed E-state index contributed by atoms with van der Waals surface area (Å²) >= 11 is 6.17. The quantitative estimate of drug-likeness (QED) is 0.653. The van der Waals surface area contributed by atoms with Crippen molar-refractivity contribution in [1.29, 1.82) is 0 Å². The van der Waals surface area contributed by atoms with Crippen molar-refractivity contribution >= 4 is 36.7 Å². The molecule has 0 spiro atoms. The Bertz CT molecular complexity index is 719. The third kappa shape index (κ3) is 3.64. The van der Waals surface area contributed by atoms with Gasteiger partial charge in [0.15, 0.2) is 0 Å². The first-order chi connectivity index (χ1) is 10.3. The van der Waals surface area contributed by atoms with E-state index in [-0.39, 0.29) is 15.0 Å². The molecule has 0 bridgehead atoms. The summed E-state index contributed by atoms with van der Waals surface area (Å²) in [5.41, 5.74) is 2.34. The SMILES string of the molecule is Clc1ccc([Se]/C=C(/c2ccccc2)n2ccnc2)cc1. The third-order valence-electron chi connectivity index (χ3n) is 2.97. The molecule has 21 heavy (non-hydrogen) atoms. The van der Waals surface area contributed by atoms with Gasteiger partial charge in [-0.1, -0.05) is 0 Å². The molecule has 4 heteroatoms. The zero-order valence-electron chi connectivity index (χ0n) is 11.2. The van der Waals surface area contributed by atoms with Crippen molar-refractivity contribution in [3.8, 4) is 0 Å². The zero-order valence-corrected chi connectivity index (χ0v) is 13.7. The Morgan fingerprint density at radius 2 is 1.81 bits per heavy atom. The summed E-state index contributed by atoms with van der Waals surface area (Å²) in [6.45, 7) is 0. The molecule has 2 aromatic carbocycles. The Labute approximate surface area is 135 Å². The second-order valence-corrected chi connectivity index (χ2v) is 6.83. The van der Waals surface area contributed by atoms with E-state index in [0.29, 0.717) is 0 Å². The normalized spacial score (nSPS) is 11.6. The predicted molar refractivity (Wildman–Crippen MR) is 88.9 cm³/mol. The van der Waals surface area contributed by atoms with Crippen molar-refractivity contribution in [3.05, 3.63) is 88.9 Å². The summed E-state index contributed by atoms with van der Waals surface area (Å²) < 4.78 is 3.34. The zero-order chi connectivity index (χ0) is 14.5. The first kappa shape index (κ1) is 14.2. The van der Waals surface area contributed by atoms with E-state index in [2.05, 4.69) is 46.4 Å². The molecule has 0 aliphatic rings. The van der Waals surface area contributed by atoms with Gasteiger partial charge >= 0.3 is 135 Å². The van der Waals surface area contributed by atoms with Crippen LogP contribution in [0.5, 0.6) is 0 Å². The first-order valence-corrected chi connectivity index (χ1v) is 8.71. The van der Waals surface area contributed by atoms with E-state index in [4.69, 9.17) is 11.6 Å². The van der Waals surface area contributed by atoms with E-state index in [9.17, 15) is 0 Å². The number of rotatable bonds is 4. The average molecular weight is 360 g/mol. The number of halogens is 1. The van der Waals surface area contributed by atoms with Crippen molar-refractivity contribution in [1.82, 2.24) is 9.55 Å². The van der Waals surface area contributed by atoms with Gasteiger partial charge in [0.2, 0.25) is 0 Å². The molecule has 1 heterocycles. The second kappa shape index (κ2) is 6.77. The van der Waals surface area contributed by atoms with Crippen LogP contribution in [0.2, 0.25) is 5.02 Å². The van der Waals surface area contributed by atoms with Gasteiger partial charge in [0.25, 0.3) is 0 Å². The van der Waals surface area contributed by atoms with Gasteiger partial charge in [0, 0.05) is 0 Å². The summed E-state index contributed by atoms with van der Waals surface area (Å²) in [7, 11) is 0. The summed E-state index contributed by atoms with van der Waals surface area (Å²) in [6.07, 6.45) is 5.60. The molecule has 0 saturated carbocycles. The molecule has 3 rings (SSSR count). The van der Waals surface area contributed by atoms with Gasteiger partial charge in [-0.3, -0.25) is 0 Å². The van der Waals surface area contributed by atoms with Crippen molar-refractivity contribution in [2.75, 3.05) is 0 Å².